The Balaban J connectivity index is 2.66. The van der Waals surface area contributed by atoms with Gasteiger partial charge in [0, 0.05) is 5.41 Å². The third-order valence-electron chi connectivity index (χ3n) is 3.01. The van der Waals surface area contributed by atoms with Gasteiger partial charge >= 0.3 is 0 Å². The fourth-order valence-corrected chi connectivity index (χ4v) is 2.49. The number of rotatable bonds is 2. The SMILES string of the molecule is C=CC1=Nc2ccc(S(=O)(=O)O)cc2C1(C)C. The molecule has 1 aliphatic heterocycles. The van der Waals surface area contributed by atoms with Crippen molar-refractivity contribution < 1.29 is 13.0 Å². The first-order valence-corrected chi connectivity index (χ1v) is 6.54. The minimum absolute atomic E-state index is 0.107. The molecule has 17 heavy (non-hydrogen) atoms. The second kappa shape index (κ2) is 3.51. The quantitative estimate of drug-likeness (QED) is 0.821. The summed E-state index contributed by atoms with van der Waals surface area (Å²) in [7, 11) is -4.18. The number of aliphatic imine (C=N–C) groups is 1. The first kappa shape index (κ1) is 12.0. The van der Waals surface area contributed by atoms with Crippen LogP contribution in [0.3, 0.4) is 0 Å². The zero-order chi connectivity index (χ0) is 12.8. The van der Waals surface area contributed by atoms with Crippen molar-refractivity contribution in [1.29, 1.82) is 0 Å². The smallest absolute Gasteiger partial charge is 0.282 e. The van der Waals surface area contributed by atoms with Crippen LogP contribution in [0.2, 0.25) is 0 Å². The van der Waals surface area contributed by atoms with E-state index in [0.717, 1.165) is 17.0 Å². The molecule has 0 aromatic heterocycles. The van der Waals surface area contributed by atoms with Crippen LogP contribution in [0.25, 0.3) is 0 Å². The van der Waals surface area contributed by atoms with Crippen LogP contribution < -0.4 is 0 Å². The van der Waals surface area contributed by atoms with E-state index in [1.165, 1.54) is 12.1 Å². The molecule has 0 radical (unpaired) electrons. The van der Waals surface area contributed by atoms with E-state index in [-0.39, 0.29) is 4.90 Å². The first-order chi connectivity index (χ1) is 7.76. The van der Waals surface area contributed by atoms with E-state index in [1.807, 2.05) is 13.8 Å². The van der Waals surface area contributed by atoms with Gasteiger partial charge < -0.3 is 0 Å². The van der Waals surface area contributed by atoms with Crippen molar-refractivity contribution in [2.45, 2.75) is 24.2 Å². The van der Waals surface area contributed by atoms with Gasteiger partial charge in [-0.3, -0.25) is 9.55 Å². The van der Waals surface area contributed by atoms with Gasteiger partial charge in [-0.25, -0.2) is 0 Å². The highest BCUT2D eigenvalue weighted by Crippen LogP contribution is 2.41. The molecule has 2 rings (SSSR count). The lowest BCUT2D eigenvalue weighted by Crippen LogP contribution is -2.23. The summed E-state index contributed by atoms with van der Waals surface area (Å²) < 4.78 is 31.2. The Morgan fingerprint density at radius 1 is 1.41 bits per heavy atom. The molecule has 0 fully saturated rings. The summed E-state index contributed by atoms with van der Waals surface area (Å²) in [6.45, 7) is 7.57. The summed E-state index contributed by atoms with van der Waals surface area (Å²) in [6.07, 6.45) is 1.66. The second-order valence-corrected chi connectivity index (χ2v) is 5.90. The fourth-order valence-electron chi connectivity index (χ4n) is 1.98. The van der Waals surface area contributed by atoms with Crippen LogP contribution in [0.5, 0.6) is 0 Å². The Morgan fingerprint density at radius 3 is 2.59 bits per heavy atom. The van der Waals surface area contributed by atoms with Crippen molar-refractivity contribution in [3.8, 4) is 0 Å². The van der Waals surface area contributed by atoms with Crippen molar-refractivity contribution in [2.75, 3.05) is 0 Å². The number of hydrogen-bond acceptors (Lipinski definition) is 3. The molecular formula is C12H13NO3S. The van der Waals surface area contributed by atoms with E-state index >= 15 is 0 Å². The van der Waals surface area contributed by atoms with Crippen LogP contribution in [0.1, 0.15) is 19.4 Å². The van der Waals surface area contributed by atoms with Crippen LogP contribution in [0.15, 0.2) is 40.7 Å². The van der Waals surface area contributed by atoms with Gasteiger partial charge in [0.05, 0.1) is 16.3 Å². The molecule has 0 aliphatic carbocycles. The molecule has 5 heteroatoms. The molecule has 0 spiro atoms. The predicted molar refractivity (Wildman–Crippen MR) is 66.6 cm³/mol. The number of hydrogen-bond donors (Lipinski definition) is 1. The Labute approximate surface area is 100 Å². The van der Waals surface area contributed by atoms with Gasteiger partial charge in [0.25, 0.3) is 10.1 Å². The standard InChI is InChI=1S/C12H13NO3S/c1-4-11-12(2,3)9-7-8(17(14,15)16)5-6-10(9)13-11/h4-7H,1H2,2-3H3,(H,14,15,16). The molecule has 1 aromatic rings. The van der Waals surface area contributed by atoms with Gasteiger partial charge in [-0.1, -0.05) is 20.4 Å². The molecule has 1 aromatic carbocycles. The molecule has 4 nitrogen and oxygen atoms in total. The lowest BCUT2D eigenvalue weighted by molar-refractivity contribution is 0.483. The Bertz CT molecular complexity index is 627. The van der Waals surface area contributed by atoms with E-state index in [1.54, 1.807) is 12.1 Å². The molecule has 0 atom stereocenters. The normalized spacial score (nSPS) is 17.5. The van der Waals surface area contributed by atoms with Gasteiger partial charge in [0.2, 0.25) is 0 Å². The summed E-state index contributed by atoms with van der Waals surface area (Å²) >= 11 is 0. The van der Waals surface area contributed by atoms with Crippen LogP contribution >= 0.6 is 0 Å². The van der Waals surface area contributed by atoms with E-state index in [2.05, 4.69) is 11.6 Å². The molecule has 0 unspecified atom stereocenters. The van der Waals surface area contributed by atoms with Crippen LogP contribution in [-0.4, -0.2) is 18.7 Å². The summed E-state index contributed by atoms with van der Waals surface area (Å²) in [5.41, 5.74) is 1.90. The zero-order valence-electron chi connectivity index (χ0n) is 9.64. The van der Waals surface area contributed by atoms with Gasteiger partial charge in [0.15, 0.2) is 0 Å². The minimum atomic E-state index is -4.18. The van der Waals surface area contributed by atoms with Gasteiger partial charge in [-0.2, -0.15) is 8.42 Å². The number of fused-ring (bicyclic) bond motifs is 1. The number of nitrogens with zero attached hydrogens (tertiary/aromatic N) is 1. The molecule has 0 saturated carbocycles. The minimum Gasteiger partial charge on any atom is -0.282 e. The lowest BCUT2D eigenvalue weighted by atomic mass is 9.82. The van der Waals surface area contributed by atoms with E-state index < -0.39 is 15.5 Å². The Kier molecular flexibility index (Phi) is 2.48. The molecule has 0 bridgehead atoms. The fraction of sp³-hybridized carbons (Fsp3) is 0.250. The van der Waals surface area contributed by atoms with Crippen molar-refractivity contribution >= 4 is 21.5 Å². The highest BCUT2D eigenvalue weighted by Gasteiger charge is 2.34. The summed E-state index contributed by atoms with van der Waals surface area (Å²) in [6, 6.07) is 4.40. The molecule has 1 aliphatic rings. The Hall–Kier alpha value is -1.46. The maximum atomic E-state index is 11.1. The van der Waals surface area contributed by atoms with Crippen molar-refractivity contribution in [2.24, 2.45) is 4.99 Å². The van der Waals surface area contributed by atoms with Crippen LogP contribution in [-0.2, 0) is 15.5 Å². The molecule has 0 saturated heterocycles. The highest BCUT2D eigenvalue weighted by molar-refractivity contribution is 7.85. The third-order valence-corrected chi connectivity index (χ3v) is 3.86. The highest BCUT2D eigenvalue weighted by atomic mass is 32.2. The Morgan fingerprint density at radius 2 is 2.06 bits per heavy atom. The van der Waals surface area contributed by atoms with Gasteiger partial charge in [0.1, 0.15) is 0 Å². The maximum Gasteiger partial charge on any atom is 0.294 e. The molecular weight excluding hydrogens is 238 g/mol. The summed E-state index contributed by atoms with van der Waals surface area (Å²) in [5.74, 6) is 0. The monoisotopic (exact) mass is 251 g/mol. The molecule has 90 valence electrons. The summed E-state index contributed by atoms with van der Waals surface area (Å²) in [5, 5.41) is 0. The zero-order valence-corrected chi connectivity index (χ0v) is 10.5. The predicted octanol–water partition coefficient (Wildman–Crippen LogP) is 2.48. The molecule has 0 amide bonds. The van der Waals surface area contributed by atoms with E-state index in [4.69, 9.17) is 4.55 Å². The largest absolute Gasteiger partial charge is 0.294 e. The van der Waals surface area contributed by atoms with Crippen molar-refractivity contribution in [1.82, 2.24) is 0 Å². The van der Waals surface area contributed by atoms with E-state index in [9.17, 15) is 8.42 Å². The summed E-state index contributed by atoms with van der Waals surface area (Å²) in [4.78, 5) is 4.26. The van der Waals surface area contributed by atoms with Gasteiger partial charge in [-0.15, -0.1) is 0 Å². The van der Waals surface area contributed by atoms with E-state index in [0.29, 0.717) is 0 Å². The molecule has 1 heterocycles. The number of benzene rings is 1. The van der Waals surface area contributed by atoms with Crippen molar-refractivity contribution in [3.63, 3.8) is 0 Å². The topological polar surface area (TPSA) is 66.7 Å². The average Bonchev–Trinajstić information content (AvgIpc) is 2.48. The lowest BCUT2D eigenvalue weighted by Gasteiger charge is -2.20. The first-order valence-electron chi connectivity index (χ1n) is 5.10. The average molecular weight is 251 g/mol. The third kappa shape index (κ3) is 1.81. The molecule has 1 N–H and O–H groups in total. The second-order valence-electron chi connectivity index (χ2n) is 4.48. The van der Waals surface area contributed by atoms with Gasteiger partial charge in [-0.05, 0) is 29.8 Å². The maximum absolute atomic E-state index is 11.1. The van der Waals surface area contributed by atoms with Crippen molar-refractivity contribution in [3.05, 3.63) is 36.4 Å². The number of allylic oxidation sites excluding steroid dienone is 1. The van der Waals surface area contributed by atoms with Crippen LogP contribution in [0.4, 0.5) is 5.69 Å². The van der Waals surface area contributed by atoms with Crippen LogP contribution in [0, 0.1) is 0 Å².